The summed E-state index contributed by atoms with van der Waals surface area (Å²) in [5.41, 5.74) is 8.12. The summed E-state index contributed by atoms with van der Waals surface area (Å²) in [5, 5.41) is 10.2. The number of aliphatic hydroxyl groups excluding tert-OH is 1. The van der Waals surface area contributed by atoms with Gasteiger partial charge in [0.15, 0.2) is 0 Å². The lowest BCUT2D eigenvalue weighted by atomic mass is 9.97. The number of likely N-dealkylation sites (tertiary alicyclic amines) is 1. The van der Waals surface area contributed by atoms with Crippen LogP contribution in [0.5, 0.6) is 5.75 Å². The monoisotopic (exact) mass is 385 g/mol. The molecule has 2 saturated heterocycles. The zero-order chi connectivity index (χ0) is 19.7. The number of methoxy groups -OCH3 is 1. The molecule has 1 amide bonds. The zero-order valence-corrected chi connectivity index (χ0v) is 15.7. The molecule has 2 aliphatic heterocycles. The highest BCUT2D eigenvalue weighted by Crippen LogP contribution is 2.36. The maximum Gasteiger partial charge on any atom is 0.254 e. The molecule has 4 rings (SSSR count). The molecule has 6 nitrogen and oxygen atoms in total. The van der Waals surface area contributed by atoms with Crippen molar-refractivity contribution in [3.8, 4) is 5.75 Å². The predicted molar refractivity (Wildman–Crippen MR) is 103 cm³/mol. The Hall–Kier alpha value is -2.48. The van der Waals surface area contributed by atoms with Crippen molar-refractivity contribution in [2.75, 3.05) is 26.7 Å². The number of aliphatic hydroxyl groups is 1. The first-order valence-corrected chi connectivity index (χ1v) is 9.45. The van der Waals surface area contributed by atoms with Crippen molar-refractivity contribution >= 4 is 5.91 Å². The van der Waals surface area contributed by atoms with E-state index in [0.717, 1.165) is 18.7 Å². The van der Waals surface area contributed by atoms with Crippen LogP contribution in [0, 0.1) is 5.82 Å². The maximum atomic E-state index is 14.3. The van der Waals surface area contributed by atoms with Gasteiger partial charge < -0.3 is 14.7 Å². The number of nitrogens with one attached hydrogen (secondary N) is 2. The Morgan fingerprint density at radius 1 is 1.18 bits per heavy atom. The van der Waals surface area contributed by atoms with E-state index in [1.807, 2.05) is 6.07 Å². The Morgan fingerprint density at radius 2 is 1.93 bits per heavy atom. The van der Waals surface area contributed by atoms with Gasteiger partial charge in [-0.25, -0.2) is 4.39 Å². The number of ether oxygens (including phenoxy) is 1. The van der Waals surface area contributed by atoms with Crippen molar-refractivity contribution in [3.05, 3.63) is 65.0 Å². The van der Waals surface area contributed by atoms with Crippen molar-refractivity contribution in [3.63, 3.8) is 0 Å². The van der Waals surface area contributed by atoms with Crippen LogP contribution >= 0.6 is 0 Å². The highest BCUT2D eigenvalue weighted by Gasteiger charge is 2.37. The molecule has 0 saturated carbocycles. The number of carbonyl (C=O) groups is 1. The number of hydrazine groups is 1. The van der Waals surface area contributed by atoms with Gasteiger partial charge in [0, 0.05) is 36.7 Å². The second kappa shape index (κ2) is 7.87. The Morgan fingerprint density at radius 3 is 2.64 bits per heavy atom. The molecule has 28 heavy (non-hydrogen) atoms. The fourth-order valence-corrected chi connectivity index (χ4v) is 4.11. The number of hydrogen-bond acceptors (Lipinski definition) is 5. The van der Waals surface area contributed by atoms with Gasteiger partial charge in [0.05, 0.1) is 19.3 Å². The summed E-state index contributed by atoms with van der Waals surface area (Å²) in [4.78, 5) is 14.8. The lowest BCUT2D eigenvalue weighted by Crippen LogP contribution is -2.32. The quantitative estimate of drug-likeness (QED) is 0.751. The molecule has 0 aliphatic carbocycles. The predicted octanol–water partition coefficient (Wildman–Crippen LogP) is 1.97. The minimum atomic E-state index is -0.676. The number of nitrogens with zero attached hydrogens (tertiary/aromatic N) is 1. The molecule has 3 N–H and O–H groups in total. The third-order valence-electron chi connectivity index (χ3n) is 5.55. The number of carbonyl (C=O) groups excluding carboxylic acids is 1. The average Bonchev–Trinajstić information content (AvgIpc) is 3.37. The highest BCUT2D eigenvalue weighted by atomic mass is 19.1. The number of β-amino-alcohol motifs (C(OH)–C–C–N with tert-alkyl or cyclic N) is 1. The molecule has 0 aromatic heterocycles. The maximum absolute atomic E-state index is 14.3. The molecule has 2 heterocycles. The summed E-state index contributed by atoms with van der Waals surface area (Å²) in [6, 6.07) is 11.3. The fourth-order valence-electron chi connectivity index (χ4n) is 4.11. The van der Waals surface area contributed by atoms with Crippen molar-refractivity contribution < 1.29 is 19.0 Å². The third kappa shape index (κ3) is 3.48. The first kappa shape index (κ1) is 18.9. The summed E-state index contributed by atoms with van der Waals surface area (Å²) in [7, 11) is 1.59. The SMILES string of the molecule is COc1cc(C(=O)N2C[C@H](O)C[C@@H]2c2ccccc2F)ccc1C1CNNC1. The summed E-state index contributed by atoms with van der Waals surface area (Å²) >= 11 is 0. The molecule has 2 atom stereocenters. The van der Waals surface area contributed by atoms with E-state index in [2.05, 4.69) is 10.9 Å². The molecular weight excluding hydrogens is 361 g/mol. The Labute approximate surface area is 163 Å². The van der Waals surface area contributed by atoms with Crippen molar-refractivity contribution in [1.82, 2.24) is 15.8 Å². The van der Waals surface area contributed by atoms with E-state index in [9.17, 15) is 14.3 Å². The minimum Gasteiger partial charge on any atom is -0.496 e. The molecular formula is C21H24FN3O3. The van der Waals surface area contributed by atoms with Crippen LogP contribution in [0.25, 0.3) is 0 Å². The van der Waals surface area contributed by atoms with Gasteiger partial charge in [0.2, 0.25) is 0 Å². The molecule has 2 fully saturated rings. The van der Waals surface area contributed by atoms with Crippen LogP contribution in [0.1, 0.15) is 39.9 Å². The Balaban J connectivity index is 1.63. The van der Waals surface area contributed by atoms with Gasteiger partial charge in [0.1, 0.15) is 11.6 Å². The number of benzene rings is 2. The molecule has 2 aromatic carbocycles. The summed E-state index contributed by atoms with van der Waals surface area (Å²) in [5.74, 6) is 0.313. The van der Waals surface area contributed by atoms with Crippen molar-refractivity contribution in [1.29, 1.82) is 0 Å². The van der Waals surface area contributed by atoms with E-state index >= 15 is 0 Å². The van der Waals surface area contributed by atoms with Gasteiger partial charge in [0.25, 0.3) is 5.91 Å². The first-order chi connectivity index (χ1) is 13.6. The van der Waals surface area contributed by atoms with Crippen LogP contribution in [0.15, 0.2) is 42.5 Å². The van der Waals surface area contributed by atoms with Crippen LogP contribution < -0.4 is 15.6 Å². The van der Waals surface area contributed by atoms with Crippen LogP contribution in [-0.2, 0) is 0 Å². The van der Waals surface area contributed by atoms with Crippen molar-refractivity contribution in [2.45, 2.75) is 24.5 Å². The minimum absolute atomic E-state index is 0.179. The van der Waals surface area contributed by atoms with Crippen LogP contribution in [-0.4, -0.2) is 48.8 Å². The molecule has 2 aromatic rings. The Kier molecular flexibility index (Phi) is 5.30. The Bertz CT molecular complexity index is 870. The van der Waals surface area contributed by atoms with Gasteiger partial charge >= 0.3 is 0 Å². The standard InChI is InChI=1S/C21H24FN3O3/c1-28-20-8-13(6-7-16(20)14-10-23-24-11-14)21(27)25-12-15(26)9-19(25)17-4-2-3-5-18(17)22/h2-8,14-15,19,23-24,26H,9-12H2,1H3/t15-,19-/m1/s1. The zero-order valence-electron chi connectivity index (χ0n) is 15.7. The number of rotatable bonds is 4. The first-order valence-electron chi connectivity index (χ1n) is 9.45. The van der Waals surface area contributed by atoms with Crippen molar-refractivity contribution in [2.24, 2.45) is 0 Å². The van der Waals surface area contributed by atoms with E-state index in [-0.39, 0.29) is 24.2 Å². The molecule has 0 spiro atoms. The van der Waals surface area contributed by atoms with Crippen LogP contribution in [0.4, 0.5) is 4.39 Å². The normalized spacial score (nSPS) is 22.6. The summed E-state index contributed by atoms with van der Waals surface area (Å²) in [6.45, 7) is 1.76. The average molecular weight is 385 g/mol. The van der Waals surface area contributed by atoms with E-state index in [1.165, 1.54) is 6.07 Å². The number of halogens is 1. The molecule has 0 bridgehead atoms. The lowest BCUT2D eigenvalue weighted by Gasteiger charge is -2.25. The molecule has 7 heteroatoms. The largest absolute Gasteiger partial charge is 0.496 e. The molecule has 2 aliphatic rings. The molecule has 148 valence electrons. The molecule has 0 radical (unpaired) electrons. The van der Waals surface area contributed by atoms with Crippen LogP contribution in [0.2, 0.25) is 0 Å². The highest BCUT2D eigenvalue weighted by molar-refractivity contribution is 5.95. The second-order valence-electron chi connectivity index (χ2n) is 7.30. The lowest BCUT2D eigenvalue weighted by molar-refractivity contribution is 0.0713. The third-order valence-corrected chi connectivity index (χ3v) is 5.55. The second-order valence-corrected chi connectivity index (χ2v) is 7.30. The molecule has 0 unspecified atom stereocenters. The smallest absolute Gasteiger partial charge is 0.254 e. The fraction of sp³-hybridized carbons (Fsp3) is 0.381. The van der Waals surface area contributed by atoms with Gasteiger partial charge in [-0.3, -0.25) is 15.6 Å². The van der Waals surface area contributed by atoms with Crippen LogP contribution in [0.3, 0.4) is 0 Å². The van der Waals surface area contributed by atoms with Gasteiger partial charge in [-0.1, -0.05) is 24.3 Å². The van der Waals surface area contributed by atoms with E-state index in [1.54, 1.807) is 42.3 Å². The van der Waals surface area contributed by atoms with E-state index in [4.69, 9.17) is 4.74 Å². The number of amides is 1. The summed E-state index contributed by atoms with van der Waals surface area (Å²) < 4.78 is 19.8. The van der Waals surface area contributed by atoms with Gasteiger partial charge in [-0.2, -0.15) is 0 Å². The van der Waals surface area contributed by atoms with Gasteiger partial charge in [-0.05, 0) is 30.2 Å². The van der Waals surface area contributed by atoms with E-state index in [0.29, 0.717) is 23.3 Å². The number of hydrogen-bond donors (Lipinski definition) is 3. The topological polar surface area (TPSA) is 73.8 Å². The van der Waals surface area contributed by atoms with Gasteiger partial charge in [-0.15, -0.1) is 0 Å². The van der Waals surface area contributed by atoms with E-state index < -0.39 is 12.1 Å². The summed E-state index contributed by atoms with van der Waals surface area (Å²) in [6.07, 6.45) is -0.355.